The minimum absolute atomic E-state index is 0.374. The van der Waals surface area contributed by atoms with E-state index in [1.807, 2.05) is 0 Å². The number of carbonyl (C=O) groups excluding carboxylic acids is 2. The molecule has 0 atom stereocenters. The number of rotatable bonds is 5. The van der Waals surface area contributed by atoms with Crippen molar-refractivity contribution in [2.24, 2.45) is 5.10 Å². The van der Waals surface area contributed by atoms with E-state index in [9.17, 15) is 9.59 Å². The lowest BCUT2D eigenvalue weighted by Crippen LogP contribution is -2.37. The molecule has 0 aromatic heterocycles. The number of ether oxygens (including phenoxy) is 2. The number of nitrogens with zero attached hydrogens (tertiary/aromatic N) is 1. The Bertz CT molecular complexity index is 561. The van der Waals surface area contributed by atoms with Crippen LogP contribution in [0.15, 0.2) is 21.7 Å². The van der Waals surface area contributed by atoms with Gasteiger partial charge in [-0.05, 0) is 40.5 Å². The van der Waals surface area contributed by atoms with Gasteiger partial charge in [-0.25, -0.2) is 5.43 Å². The molecule has 7 nitrogen and oxygen atoms in total. The molecule has 0 saturated carbocycles. The Morgan fingerprint density at radius 3 is 2.57 bits per heavy atom. The smallest absolute Gasteiger partial charge is 0.329 e. The van der Waals surface area contributed by atoms with Gasteiger partial charge in [0, 0.05) is 6.54 Å². The largest absolute Gasteiger partial charge is 0.493 e. The molecule has 8 heteroatoms. The Hall–Kier alpha value is -2.09. The van der Waals surface area contributed by atoms with E-state index in [0.717, 1.165) is 0 Å². The zero-order valence-electron chi connectivity index (χ0n) is 11.9. The van der Waals surface area contributed by atoms with Crippen molar-refractivity contribution in [2.45, 2.75) is 6.92 Å². The second kappa shape index (κ2) is 8.25. The number of hydrogen-bond acceptors (Lipinski definition) is 5. The molecule has 0 saturated heterocycles. The maximum absolute atomic E-state index is 11.3. The van der Waals surface area contributed by atoms with E-state index in [0.29, 0.717) is 28.1 Å². The van der Waals surface area contributed by atoms with Gasteiger partial charge in [0.15, 0.2) is 11.5 Å². The third-order valence-electron chi connectivity index (χ3n) is 2.38. The summed E-state index contributed by atoms with van der Waals surface area (Å²) >= 11 is 3.35. The lowest BCUT2D eigenvalue weighted by atomic mass is 10.2. The average Bonchev–Trinajstić information content (AvgIpc) is 2.46. The molecular weight excluding hydrogens is 342 g/mol. The molecule has 1 aromatic carbocycles. The number of likely N-dealkylation sites (N-methyl/N-ethyl adjacent to an activating group) is 1. The van der Waals surface area contributed by atoms with Gasteiger partial charge in [0.25, 0.3) is 0 Å². The minimum atomic E-state index is -0.826. The molecule has 2 N–H and O–H groups in total. The summed E-state index contributed by atoms with van der Waals surface area (Å²) < 4.78 is 11.1. The van der Waals surface area contributed by atoms with E-state index in [1.165, 1.54) is 20.4 Å². The number of halogens is 1. The van der Waals surface area contributed by atoms with Crippen LogP contribution in [0.4, 0.5) is 0 Å². The molecule has 0 unspecified atom stereocenters. The SMILES string of the molecule is CCNC(=O)C(=O)N/N=C\c1cc(Br)c(OC)c(OC)c1. The van der Waals surface area contributed by atoms with Crippen LogP contribution in [-0.4, -0.2) is 38.8 Å². The van der Waals surface area contributed by atoms with Crippen molar-refractivity contribution in [3.63, 3.8) is 0 Å². The predicted octanol–water partition coefficient (Wildman–Crippen LogP) is 1.05. The first-order chi connectivity index (χ1) is 10.0. The molecule has 1 rings (SSSR count). The molecule has 0 aliphatic carbocycles. The Morgan fingerprint density at radius 2 is 2.00 bits per heavy atom. The maximum Gasteiger partial charge on any atom is 0.329 e. The number of benzene rings is 1. The molecule has 0 heterocycles. The Morgan fingerprint density at radius 1 is 1.29 bits per heavy atom. The fraction of sp³-hybridized carbons (Fsp3) is 0.308. The predicted molar refractivity (Wildman–Crippen MR) is 81.7 cm³/mol. The van der Waals surface area contributed by atoms with Gasteiger partial charge in [-0.1, -0.05) is 0 Å². The van der Waals surface area contributed by atoms with Crippen molar-refractivity contribution in [1.82, 2.24) is 10.7 Å². The van der Waals surface area contributed by atoms with Crippen molar-refractivity contribution in [2.75, 3.05) is 20.8 Å². The standard InChI is InChI=1S/C13H16BrN3O4/c1-4-15-12(18)13(19)17-16-7-8-5-9(14)11(21-3)10(6-8)20-2/h5-7H,4H2,1-3H3,(H,15,18)(H,17,19)/b16-7-. The fourth-order valence-corrected chi connectivity index (χ4v) is 2.09. The van der Waals surface area contributed by atoms with Crippen molar-refractivity contribution in [3.05, 3.63) is 22.2 Å². The van der Waals surface area contributed by atoms with Gasteiger partial charge in [0.2, 0.25) is 0 Å². The summed E-state index contributed by atoms with van der Waals surface area (Å²) in [6, 6.07) is 3.43. The highest BCUT2D eigenvalue weighted by atomic mass is 79.9. The molecule has 0 radical (unpaired) electrons. The summed E-state index contributed by atoms with van der Waals surface area (Å²) in [6.07, 6.45) is 1.39. The van der Waals surface area contributed by atoms with E-state index in [4.69, 9.17) is 9.47 Å². The topological polar surface area (TPSA) is 89.0 Å². The van der Waals surface area contributed by atoms with Gasteiger partial charge in [-0.15, -0.1) is 0 Å². The number of methoxy groups -OCH3 is 2. The molecule has 21 heavy (non-hydrogen) atoms. The van der Waals surface area contributed by atoms with Crippen LogP contribution in [0.3, 0.4) is 0 Å². The number of hydrogen-bond donors (Lipinski definition) is 2. The molecule has 0 spiro atoms. The van der Waals surface area contributed by atoms with E-state index < -0.39 is 11.8 Å². The number of carbonyl (C=O) groups is 2. The quantitative estimate of drug-likeness (QED) is 0.468. The molecule has 2 amide bonds. The van der Waals surface area contributed by atoms with Crippen molar-refractivity contribution in [3.8, 4) is 11.5 Å². The summed E-state index contributed by atoms with van der Waals surface area (Å²) in [7, 11) is 3.05. The number of hydrazone groups is 1. The molecule has 0 fully saturated rings. The van der Waals surface area contributed by atoms with Gasteiger partial charge in [-0.2, -0.15) is 5.10 Å². The third kappa shape index (κ3) is 4.75. The van der Waals surface area contributed by atoms with Crippen molar-refractivity contribution in [1.29, 1.82) is 0 Å². The Labute approximate surface area is 130 Å². The monoisotopic (exact) mass is 357 g/mol. The van der Waals surface area contributed by atoms with Crippen LogP contribution in [0.2, 0.25) is 0 Å². The molecule has 0 bridgehead atoms. The van der Waals surface area contributed by atoms with Crippen molar-refractivity contribution < 1.29 is 19.1 Å². The average molecular weight is 358 g/mol. The van der Waals surface area contributed by atoms with Gasteiger partial charge in [-0.3, -0.25) is 9.59 Å². The van der Waals surface area contributed by atoms with Crippen LogP contribution in [0.1, 0.15) is 12.5 Å². The molecular formula is C13H16BrN3O4. The van der Waals surface area contributed by atoms with Crippen LogP contribution in [-0.2, 0) is 9.59 Å². The maximum atomic E-state index is 11.3. The lowest BCUT2D eigenvalue weighted by molar-refractivity contribution is -0.139. The second-order valence-electron chi connectivity index (χ2n) is 3.80. The highest BCUT2D eigenvalue weighted by Crippen LogP contribution is 2.35. The van der Waals surface area contributed by atoms with E-state index in [-0.39, 0.29) is 0 Å². The lowest BCUT2D eigenvalue weighted by Gasteiger charge is -2.10. The molecule has 114 valence electrons. The molecule has 0 aliphatic rings. The summed E-state index contributed by atoms with van der Waals surface area (Å²) in [4.78, 5) is 22.5. The van der Waals surface area contributed by atoms with Crippen LogP contribution >= 0.6 is 15.9 Å². The number of amides is 2. The highest BCUT2D eigenvalue weighted by molar-refractivity contribution is 9.10. The normalized spacial score (nSPS) is 10.3. The van der Waals surface area contributed by atoms with Gasteiger partial charge >= 0.3 is 11.8 Å². The van der Waals surface area contributed by atoms with E-state index >= 15 is 0 Å². The first-order valence-corrected chi connectivity index (χ1v) is 6.85. The Kier molecular flexibility index (Phi) is 6.67. The minimum Gasteiger partial charge on any atom is -0.493 e. The van der Waals surface area contributed by atoms with E-state index in [2.05, 4.69) is 31.8 Å². The summed E-state index contributed by atoms with van der Waals surface area (Å²) in [5.41, 5.74) is 2.80. The molecule has 0 aliphatic heterocycles. The highest BCUT2D eigenvalue weighted by Gasteiger charge is 2.11. The Balaban J connectivity index is 2.79. The van der Waals surface area contributed by atoms with Crippen molar-refractivity contribution >= 4 is 34.0 Å². The van der Waals surface area contributed by atoms with E-state index in [1.54, 1.807) is 19.1 Å². The van der Waals surface area contributed by atoms with Crippen LogP contribution in [0.25, 0.3) is 0 Å². The zero-order valence-corrected chi connectivity index (χ0v) is 13.5. The summed E-state index contributed by atoms with van der Waals surface area (Å²) in [5, 5.41) is 6.08. The zero-order chi connectivity index (χ0) is 15.8. The first-order valence-electron chi connectivity index (χ1n) is 6.06. The second-order valence-corrected chi connectivity index (χ2v) is 4.65. The number of nitrogens with one attached hydrogen (secondary N) is 2. The van der Waals surface area contributed by atoms with Crippen LogP contribution in [0.5, 0.6) is 11.5 Å². The van der Waals surface area contributed by atoms with Crippen LogP contribution < -0.4 is 20.2 Å². The third-order valence-corrected chi connectivity index (χ3v) is 2.97. The summed E-state index contributed by atoms with van der Waals surface area (Å²) in [6.45, 7) is 2.09. The van der Waals surface area contributed by atoms with Gasteiger partial charge < -0.3 is 14.8 Å². The first kappa shape index (κ1) is 17.0. The van der Waals surface area contributed by atoms with Crippen LogP contribution in [0, 0.1) is 0 Å². The summed E-state index contributed by atoms with van der Waals surface area (Å²) in [5.74, 6) is -0.486. The van der Waals surface area contributed by atoms with Gasteiger partial charge in [0.05, 0.1) is 24.9 Å². The van der Waals surface area contributed by atoms with Gasteiger partial charge in [0.1, 0.15) is 0 Å². The molecule has 1 aromatic rings. The fourth-order valence-electron chi connectivity index (χ4n) is 1.47.